The number of fused-ring (bicyclic) bond motifs is 1. The highest BCUT2D eigenvalue weighted by atomic mass is 16.2. The Hall–Kier alpha value is -2.45. The van der Waals surface area contributed by atoms with E-state index in [-0.39, 0.29) is 29.8 Å². The SMILES string of the molecule is CN[C@@H]1C[C@H](C(=O)N[C@H]2CCCc3ccccc32)N(C(=O)[C@@H](C)NC(=O)[C@@H](C)NC)C1. The van der Waals surface area contributed by atoms with Crippen molar-refractivity contribution in [1.29, 1.82) is 0 Å². The van der Waals surface area contributed by atoms with Crippen LogP contribution in [-0.2, 0) is 20.8 Å². The van der Waals surface area contributed by atoms with Crippen molar-refractivity contribution in [2.24, 2.45) is 0 Å². The van der Waals surface area contributed by atoms with Crippen LogP contribution in [0.5, 0.6) is 0 Å². The first kappa shape index (κ1) is 23.2. The number of rotatable bonds is 7. The van der Waals surface area contributed by atoms with E-state index in [1.165, 1.54) is 11.1 Å². The van der Waals surface area contributed by atoms with Crippen molar-refractivity contribution >= 4 is 17.7 Å². The third kappa shape index (κ3) is 5.25. The predicted molar refractivity (Wildman–Crippen MR) is 119 cm³/mol. The Morgan fingerprint density at radius 3 is 2.55 bits per heavy atom. The van der Waals surface area contributed by atoms with Crippen LogP contribution >= 0.6 is 0 Å². The maximum Gasteiger partial charge on any atom is 0.245 e. The van der Waals surface area contributed by atoms with Gasteiger partial charge in [0.1, 0.15) is 12.1 Å². The molecule has 0 radical (unpaired) electrons. The molecule has 3 rings (SSSR count). The smallest absolute Gasteiger partial charge is 0.245 e. The Bertz CT molecular complexity index is 814. The van der Waals surface area contributed by atoms with E-state index in [9.17, 15) is 14.4 Å². The quantitative estimate of drug-likeness (QED) is 0.505. The van der Waals surface area contributed by atoms with Gasteiger partial charge in [-0.25, -0.2) is 0 Å². The van der Waals surface area contributed by atoms with Gasteiger partial charge in [-0.2, -0.15) is 0 Å². The lowest BCUT2D eigenvalue weighted by molar-refractivity contribution is -0.141. The van der Waals surface area contributed by atoms with Gasteiger partial charge in [-0.05, 0) is 64.8 Å². The van der Waals surface area contributed by atoms with Crippen LogP contribution in [0, 0.1) is 0 Å². The first-order valence-corrected chi connectivity index (χ1v) is 11.2. The number of carbonyl (C=O) groups is 3. The molecular formula is C23H35N5O3. The number of nitrogens with one attached hydrogen (secondary N) is 4. The van der Waals surface area contributed by atoms with Crippen molar-refractivity contribution < 1.29 is 14.4 Å². The molecule has 1 aromatic rings. The number of nitrogens with zero attached hydrogens (tertiary/aromatic N) is 1. The molecule has 1 saturated heterocycles. The molecule has 1 fully saturated rings. The second-order valence-electron chi connectivity index (χ2n) is 8.62. The summed E-state index contributed by atoms with van der Waals surface area (Å²) < 4.78 is 0. The van der Waals surface area contributed by atoms with Crippen molar-refractivity contribution in [3.8, 4) is 0 Å². The first-order chi connectivity index (χ1) is 14.8. The second kappa shape index (κ2) is 10.2. The molecule has 1 aliphatic heterocycles. The minimum absolute atomic E-state index is 0.0309. The van der Waals surface area contributed by atoms with Gasteiger partial charge in [0.05, 0.1) is 12.1 Å². The highest BCUT2D eigenvalue weighted by Gasteiger charge is 2.41. The van der Waals surface area contributed by atoms with Gasteiger partial charge in [-0.3, -0.25) is 14.4 Å². The van der Waals surface area contributed by atoms with Gasteiger partial charge in [0, 0.05) is 12.6 Å². The van der Waals surface area contributed by atoms with E-state index >= 15 is 0 Å². The molecule has 170 valence electrons. The molecule has 0 unspecified atom stereocenters. The molecule has 8 heteroatoms. The number of hydrogen-bond donors (Lipinski definition) is 4. The molecular weight excluding hydrogens is 394 g/mol. The van der Waals surface area contributed by atoms with Crippen LogP contribution in [0.1, 0.15) is 50.3 Å². The third-order valence-electron chi connectivity index (χ3n) is 6.54. The van der Waals surface area contributed by atoms with Crippen LogP contribution in [-0.4, -0.2) is 67.4 Å². The van der Waals surface area contributed by atoms with E-state index in [1.807, 2.05) is 19.2 Å². The van der Waals surface area contributed by atoms with Crippen molar-refractivity contribution in [1.82, 2.24) is 26.2 Å². The van der Waals surface area contributed by atoms with Crippen LogP contribution in [0.3, 0.4) is 0 Å². The second-order valence-corrected chi connectivity index (χ2v) is 8.62. The summed E-state index contributed by atoms with van der Waals surface area (Å²) in [6, 6.07) is 6.58. The maximum absolute atomic E-state index is 13.3. The Morgan fingerprint density at radius 1 is 1.10 bits per heavy atom. The molecule has 0 saturated carbocycles. The monoisotopic (exact) mass is 429 g/mol. The number of likely N-dealkylation sites (N-methyl/N-ethyl adjacent to an activating group) is 2. The molecule has 2 aliphatic rings. The van der Waals surface area contributed by atoms with Gasteiger partial charge in [0.25, 0.3) is 0 Å². The van der Waals surface area contributed by atoms with E-state index in [0.29, 0.717) is 13.0 Å². The Labute approximate surface area is 184 Å². The van der Waals surface area contributed by atoms with Gasteiger partial charge in [0.15, 0.2) is 0 Å². The van der Waals surface area contributed by atoms with Gasteiger partial charge in [0.2, 0.25) is 17.7 Å². The largest absolute Gasteiger partial charge is 0.347 e. The zero-order chi connectivity index (χ0) is 22.5. The summed E-state index contributed by atoms with van der Waals surface area (Å²) in [6.45, 7) is 3.84. The van der Waals surface area contributed by atoms with E-state index in [2.05, 4.69) is 33.4 Å². The zero-order valence-corrected chi connectivity index (χ0v) is 18.9. The lowest BCUT2D eigenvalue weighted by atomic mass is 9.87. The summed E-state index contributed by atoms with van der Waals surface area (Å²) in [5.41, 5.74) is 2.45. The van der Waals surface area contributed by atoms with E-state index < -0.39 is 18.1 Å². The molecule has 0 spiro atoms. The zero-order valence-electron chi connectivity index (χ0n) is 18.9. The standard InChI is InChI=1S/C23H35N5O3/c1-14(24-3)21(29)26-15(2)23(31)28-13-17(25-4)12-20(28)22(30)27-19-11-7-9-16-8-5-6-10-18(16)19/h5-6,8,10,14-15,17,19-20,24-25H,7,9,11-13H2,1-4H3,(H,26,29)(H,27,30)/t14-,15-,17-,19+,20-/m1/s1. The van der Waals surface area contributed by atoms with Crippen LogP contribution in [0.25, 0.3) is 0 Å². The summed E-state index contributed by atoms with van der Waals surface area (Å²) in [4.78, 5) is 40.2. The van der Waals surface area contributed by atoms with E-state index in [1.54, 1.807) is 25.8 Å². The average molecular weight is 430 g/mol. The maximum atomic E-state index is 13.3. The lowest BCUT2D eigenvalue weighted by Crippen LogP contribution is -2.54. The topological polar surface area (TPSA) is 103 Å². The van der Waals surface area contributed by atoms with Gasteiger partial charge in [-0.15, -0.1) is 0 Å². The van der Waals surface area contributed by atoms with Gasteiger partial charge < -0.3 is 26.2 Å². The first-order valence-electron chi connectivity index (χ1n) is 11.2. The molecule has 0 aromatic heterocycles. The minimum Gasteiger partial charge on any atom is -0.347 e. The van der Waals surface area contributed by atoms with Crippen LogP contribution in [0.4, 0.5) is 0 Å². The Balaban J connectivity index is 1.70. The molecule has 3 amide bonds. The summed E-state index contributed by atoms with van der Waals surface area (Å²) in [5, 5.41) is 12.0. The van der Waals surface area contributed by atoms with E-state index in [4.69, 9.17) is 0 Å². The number of hydrogen-bond acceptors (Lipinski definition) is 5. The number of benzene rings is 1. The fraction of sp³-hybridized carbons (Fsp3) is 0.609. The Kier molecular flexibility index (Phi) is 7.67. The van der Waals surface area contributed by atoms with Crippen molar-refractivity contribution in [2.45, 2.75) is 69.7 Å². The van der Waals surface area contributed by atoms with Gasteiger partial charge >= 0.3 is 0 Å². The number of amides is 3. The minimum atomic E-state index is -0.704. The molecule has 31 heavy (non-hydrogen) atoms. The molecule has 4 N–H and O–H groups in total. The highest BCUT2D eigenvalue weighted by molar-refractivity contribution is 5.93. The molecule has 5 atom stereocenters. The van der Waals surface area contributed by atoms with Crippen LogP contribution < -0.4 is 21.3 Å². The number of aryl methyl sites for hydroxylation is 1. The van der Waals surface area contributed by atoms with Gasteiger partial charge in [-0.1, -0.05) is 24.3 Å². The summed E-state index contributed by atoms with van der Waals surface area (Å²) in [6.07, 6.45) is 3.51. The number of carbonyl (C=O) groups excluding carboxylic acids is 3. The highest BCUT2D eigenvalue weighted by Crippen LogP contribution is 2.30. The fourth-order valence-corrected chi connectivity index (χ4v) is 4.49. The van der Waals surface area contributed by atoms with Crippen molar-refractivity contribution in [3.05, 3.63) is 35.4 Å². The molecule has 1 heterocycles. The summed E-state index contributed by atoms with van der Waals surface area (Å²) in [7, 11) is 3.53. The third-order valence-corrected chi connectivity index (χ3v) is 6.54. The van der Waals surface area contributed by atoms with E-state index in [0.717, 1.165) is 19.3 Å². The summed E-state index contributed by atoms with van der Waals surface area (Å²) >= 11 is 0. The lowest BCUT2D eigenvalue weighted by Gasteiger charge is -2.31. The summed E-state index contributed by atoms with van der Waals surface area (Å²) in [5.74, 6) is -0.610. The number of likely N-dealkylation sites (tertiary alicyclic amines) is 1. The van der Waals surface area contributed by atoms with Crippen molar-refractivity contribution in [2.75, 3.05) is 20.6 Å². The molecule has 1 aromatic carbocycles. The van der Waals surface area contributed by atoms with Crippen molar-refractivity contribution in [3.63, 3.8) is 0 Å². The average Bonchev–Trinajstić information content (AvgIpc) is 3.22. The van der Waals surface area contributed by atoms with Crippen LogP contribution in [0.15, 0.2) is 24.3 Å². The fourth-order valence-electron chi connectivity index (χ4n) is 4.49. The Morgan fingerprint density at radius 2 is 1.84 bits per heavy atom. The molecule has 8 nitrogen and oxygen atoms in total. The van der Waals surface area contributed by atoms with Crippen LogP contribution in [0.2, 0.25) is 0 Å². The molecule has 0 bridgehead atoms. The predicted octanol–water partition coefficient (Wildman–Crippen LogP) is 0.482. The molecule has 1 aliphatic carbocycles. The normalized spacial score (nSPS) is 24.8.